The first-order valence-corrected chi connectivity index (χ1v) is 11.5. The lowest BCUT2D eigenvalue weighted by molar-refractivity contribution is -0.116. The summed E-state index contributed by atoms with van der Waals surface area (Å²) in [5, 5.41) is 6.98. The van der Waals surface area contributed by atoms with Gasteiger partial charge in [-0.1, -0.05) is 24.3 Å². The zero-order valence-corrected chi connectivity index (χ0v) is 19.9. The highest BCUT2D eigenvalue weighted by atomic mass is 19.1. The van der Waals surface area contributed by atoms with E-state index in [1.54, 1.807) is 27.4 Å². The molecule has 0 saturated heterocycles. The summed E-state index contributed by atoms with van der Waals surface area (Å²) in [6, 6.07) is 17.5. The number of ketones is 1. The summed E-state index contributed by atoms with van der Waals surface area (Å²) in [5.41, 5.74) is 4.82. The second kappa shape index (κ2) is 9.33. The van der Waals surface area contributed by atoms with Crippen molar-refractivity contribution >= 4 is 17.2 Å². The first-order chi connectivity index (χ1) is 17.0. The number of carbonyl (C=O) groups is 1. The molecule has 35 heavy (non-hydrogen) atoms. The van der Waals surface area contributed by atoms with Crippen molar-refractivity contribution in [1.29, 1.82) is 0 Å². The topological polar surface area (TPSA) is 68.8 Å². The second-order valence-corrected chi connectivity index (χ2v) is 8.68. The van der Waals surface area contributed by atoms with Gasteiger partial charge in [0.15, 0.2) is 17.3 Å². The maximum Gasteiger partial charge on any atom is 0.203 e. The molecule has 5 rings (SSSR count). The molecule has 0 fully saturated rings. The summed E-state index contributed by atoms with van der Waals surface area (Å²) >= 11 is 0. The molecule has 2 atom stereocenters. The summed E-state index contributed by atoms with van der Waals surface area (Å²) in [4.78, 5) is 13.7. The Labute approximate surface area is 203 Å². The number of halogens is 1. The highest BCUT2D eigenvalue weighted by Gasteiger charge is 2.36. The van der Waals surface area contributed by atoms with Crippen LogP contribution in [0.1, 0.15) is 35.9 Å². The number of Topliss-reactive ketones (excluding diaryl/α,β-unsaturated/α-hetero) is 1. The highest BCUT2D eigenvalue weighted by molar-refractivity contribution is 6.01. The number of rotatable bonds is 5. The van der Waals surface area contributed by atoms with Gasteiger partial charge >= 0.3 is 0 Å². The SMILES string of the molecule is COc1cc([C@@H]2CC(=O)C3=C(C2)Nc2ccccc2N[C@@H]3c2cccc(F)c2)cc(OC)c1OC. The number of anilines is 2. The van der Waals surface area contributed by atoms with Crippen LogP contribution in [0, 0.1) is 5.82 Å². The van der Waals surface area contributed by atoms with Crippen LogP contribution in [0.2, 0.25) is 0 Å². The molecule has 0 saturated carbocycles. The average molecular weight is 475 g/mol. The molecule has 0 bridgehead atoms. The van der Waals surface area contributed by atoms with Gasteiger partial charge in [0.1, 0.15) is 5.82 Å². The molecule has 2 N–H and O–H groups in total. The Hall–Kier alpha value is -4.00. The Morgan fingerprint density at radius 2 is 1.54 bits per heavy atom. The lowest BCUT2D eigenvalue weighted by Crippen LogP contribution is -2.27. The number of fused-ring (bicyclic) bond motifs is 1. The molecule has 180 valence electrons. The molecular weight excluding hydrogens is 447 g/mol. The number of hydrogen-bond acceptors (Lipinski definition) is 6. The summed E-state index contributed by atoms with van der Waals surface area (Å²) in [6.07, 6.45) is 0.907. The van der Waals surface area contributed by atoms with E-state index in [4.69, 9.17) is 14.2 Å². The monoisotopic (exact) mass is 474 g/mol. The maximum absolute atomic E-state index is 14.2. The van der Waals surface area contributed by atoms with Crippen LogP contribution >= 0.6 is 0 Å². The van der Waals surface area contributed by atoms with Crippen LogP contribution < -0.4 is 24.8 Å². The molecule has 0 spiro atoms. The number of hydrogen-bond donors (Lipinski definition) is 2. The van der Waals surface area contributed by atoms with Gasteiger partial charge in [-0.2, -0.15) is 0 Å². The lowest BCUT2D eigenvalue weighted by atomic mass is 9.78. The smallest absolute Gasteiger partial charge is 0.203 e. The molecule has 1 aliphatic heterocycles. The molecule has 6 nitrogen and oxygen atoms in total. The first-order valence-electron chi connectivity index (χ1n) is 11.5. The van der Waals surface area contributed by atoms with Gasteiger partial charge in [0, 0.05) is 17.7 Å². The summed E-state index contributed by atoms with van der Waals surface area (Å²) in [7, 11) is 4.72. The minimum absolute atomic E-state index is 0.00655. The third-order valence-electron chi connectivity index (χ3n) is 6.65. The van der Waals surface area contributed by atoms with Gasteiger partial charge in [-0.3, -0.25) is 4.79 Å². The minimum atomic E-state index is -0.467. The van der Waals surface area contributed by atoms with Crippen molar-refractivity contribution in [1.82, 2.24) is 0 Å². The van der Waals surface area contributed by atoms with Crippen LogP contribution in [0.5, 0.6) is 17.2 Å². The van der Waals surface area contributed by atoms with Crippen LogP contribution in [0.3, 0.4) is 0 Å². The number of ether oxygens (including phenoxy) is 3. The number of benzene rings is 3. The van der Waals surface area contributed by atoms with E-state index in [0.717, 1.165) is 22.6 Å². The number of nitrogens with one attached hydrogen (secondary N) is 2. The van der Waals surface area contributed by atoms with Crippen LogP contribution in [0.4, 0.5) is 15.8 Å². The van der Waals surface area contributed by atoms with E-state index in [9.17, 15) is 9.18 Å². The zero-order valence-electron chi connectivity index (χ0n) is 19.9. The fraction of sp³-hybridized carbons (Fsp3) is 0.250. The number of para-hydroxylation sites is 2. The van der Waals surface area contributed by atoms with Gasteiger partial charge in [-0.25, -0.2) is 4.39 Å². The Morgan fingerprint density at radius 1 is 0.829 bits per heavy atom. The molecular formula is C28H27FN2O4. The Kier molecular flexibility index (Phi) is 6.07. The van der Waals surface area contributed by atoms with Crippen LogP contribution in [-0.4, -0.2) is 27.1 Å². The average Bonchev–Trinajstić information content (AvgIpc) is 3.04. The predicted molar refractivity (Wildman–Crippen MR) is 133 cm³/mol. The summed E-state index contributed by atoms with van der Waals surface area (Å²) < 4.78 is 30.7. The summed E-state index contributed by atoms with van der Waals surface area (Å²) in [5.74, 6) is 1.18. The van der Waals surface area contributed by atoms with E-state index >= 15 is 0 Å². The Morgan fingerprint density at radius 3 is 2.20 bits per heavy atom. The lowest BCUT2D eigenvalue weighted by Gasteiger charge is -2.30. The Balaban J connectivity index is 1.60. The van der Waals surface area contributed by atoms with Gasteiger partial charge < -0.3 is 24.8 Å². The largest absolute Gasteiger partial charge is 0.493 e. The molecule has 0 aromatic heterocycles. The van der Waals surface area contributed by atoms with E-state index in [-0.39, 0.29) is 17.5 Å². The third-order valence-corrected chi connectivity index (χ3v) is 6.65. The van der Waals surface area contributed by atoms with Crippen LogP contribution in [0.25, 0.3) is 0 Å². The molecule has 0 unspecified atom stereocenters. The molecule has 3 aromatic carbocycles. The van der Waals surface area contributed by atoms with Crippen molar-refractivity contribution in [3.05, 3.63) is 88.9 Å². The highest BCUT2D eigenvalue weighted by Crippen LogP contribution is 2.47. The van der Waals surface area contributed by atoms with Gasteiger partial charge in [0.05, 0.1) is 38.7 Å². The molecule has 1 heterocycles. The van der Waals surface area contributed by atoms with Gasteiger partial charge in [-0.05, 0) is 59.9 Å². The van der Waals surface area contributed by atoms with Crippen molar-refractivity contribution in [2.75, 3.05) is 32.0 Å². The van der Waals surface area contributed by atoms with Crippen molar-refractivity contribution < 1.29 is 23.4 Å². The normalized spacial score (nSPS) is 19.0. The first kappa shape index (κ1) is 22.8. The number of methoxy groups -OCH3 is 3. The molecule has 7 heteroatoms. The third kappa shape index (κ3) is 4.18. The van der Waals surface area contributed by atoms with E-state index in [0.29, 0.717) is 41.2 Å². The molecule has 1 aliphatic carbocycles. The minimum Gasteiger partial charge on any atom is -0.493 e. The number of allylic oxidation sites excluding steroid dienone is 1. The van der Waals surface area contributed by atoms with Gasteiger partial charge in [0.25, 0.3) is 0 Å². The fourth-order valence-electron chi connectivity index (χ4n) is 5.00. The standard InChI is InChI=1S/C28H27FN2O4/c1-33-24-14-18(15-25(34-2)28(24)35-3)17-12-22-26(23(32)13-17)27(16-7-6-8-19(29)11-16)31-21-10-5-4-9-20(21)30-22/h4-11,14-15,17,27,30-31H,12-13H2,1-3H3/t17-,27+/m0/s1. The zero-order chi connectivity index (χ0) is 24.5. The van der Waals surface area contributed by atoms with Crippen molar-refractivity contribution in [2.24, 2.45) is 0 Å². The molecule has 2 aliphatic rings. The summed E-state index contributed by atoms with van der Waals surface area (Å²) in [6.45, 7) is 0. The quantitative estimate of drug-likeness (QED) is 0.485. The van der Waals surface area contributed by atoms with E-state index in [1.165, 1.54) is 12.1 Å². The number of carbonyl (C=O) groups excluding carboxylic acids is 1. The van der Waals surface area contributed by atoms with E-state index in [2.05, 4.69) is 10.6 Å². The second-order valence-electron chi connectivity index (χ2n) is 8.68. The van der Waals surface area contributed by atoms with Gasteiger partial charge in [0.2, 0.25) is 5.75 Å². The molecule has 3 aromatic rings. The van der Waals surface area contributed by atoms with E-state index in [1.807, 2.05) is 42.5 Å². The van der Waals surface area contributed by atoms with Crippen LogP contribution in [0.15, 0.2) is 71.9 Å². The van der Waals surface area contributed by atoms with E-state index < -0.39 is 6.04 Å². The maximum atomic E-state index is 14.2. The van der Waals surface area contributed by atoms with Crippen LogP contribution in [-0.2, 0) is 4.79 Å². The predicted octanol–water partition coefficient (Wildman–Crippen LogP) is 5.83. The van der Waals surface area contributed by atoms with Crippen molar-refractivity contribution in [3.8, 4) is 17.2 Å². The van der Waals surface area contributed by atoms with Crippen molar-refractivity contribution in [2.45, 2.75) is 24.8 Å². The molecule has 0 radical (unpaired) electrons. The van der Waals surface area contributed by atoms with Gasteiger partial charge in [-0.15, -0.1) is 0 Å². The molecule has 0 amide bonds. The fourth-order valence-corrected chi connectivity index (χ4v) is 5.00. The van der Waals surface area contributed by atoms with Crippen molar-refractivity contribution in [3.63, 3.8) is 0 Å². The Bertz CT molecular complexity index is 1290.